The third-order valence-corrected chi connectivity index (χ3v) is 5.56. The van der Waals surface area contributed by atoms with Crippen molar-refractivity contribution in [3.63, 3.8) is 0 Å². The van der Waals surface area contributed by atoms with Gasteiger partial charge in [0.15, 0.2) is 0 Å². The second kappa shape index (κ2) is 8.93. The van der Waals surface area contributed by atoms with E-state index in [9.17, 15) is 14.4 Å². The lowest BCUT2D eigenvalue weighted by molar-refractivity contribution is -0.131. The maximum absolute atomic E-state index is 12.8. The lowest BCUT2D eigenvalue weighted by Gasteiger charge is -2.18. The number of thiophene rings is 1. The quantitative estimate of drug-likeness (QED) is 0.714. The maximum Gasteiger partial charge on any atom is 0.262 e. The molecule has 0 atom stereocenters. The first-order chi connectivity index (χ1) is 12.4. The second-order valence-corrected chi connectivity index (χ2v) is 7.09. The summed E-state index contributed by atoms with van der Waals surface area (Å²) >= 11 is 1.22. The number of nitrogens with one attached hydrogen (secondary N) is 1. The molecular weight excluding hydrogens is 352 g/mol. The number of hydrogen-bond acceptors (Lipinski definition) is 5. The zero-order chi connectivity index (χ0) is 19.3. The summed E-state index contributed by atoms with van der Waals surface area (Å²) in [6, 6.07) is 0. The summed E-state index contributed by atoms with van der Waals surface area (Å²) in [6.45, 7) is 9.38. The Morgan fingerprint density at radius 2 is 1.96 bits per heavy atom. The summed E-state index contributed by atoms with van der Waals surface area (Å²) in [4.78, 5) is 44.4. The van der Waals surface area contributed by atoms with Gasteiger partial charge in [-0.3, -0.25) is 19.0 Å². The highest BCUT2D eigenvalue weighted by molar-refractivity contribution is 7.20. The number of fused-ring (bicyclic) bond motifs is 1. The van der Waals surface area contributed by atoms with E-state index in [2.05, 4.69) is 17.2 Å². The number of nitrogens with zero attached hydrogens (tertiary/aromatic N) is 3. The standard InChI is InChI=1S/C18H26N4O3S/c1-5-8-9-19-16(24)15-12(4)14-17(26-15)20-11-22(18(14)25)10-13(23)21(6-2)7-3/h11H,5-10H2,1-4H3,(H,19,24). The Bertz CT molecular complexity index is 852. The first-order valence-corrected chi connectivity index (χ1v) is 9.80. The predicted octanol–water partition coefficient (Wildman–Crippen LogP) is 2.16. The monoisotopic (exact) mass is 378 g/mol. The van der Waals surface area contributed by atoms with Gasteiger partial charge in [0.05, 0.1) is 16.6 Å². The number of carbonyl (C=O) groups is 2. The minimum absolute atomic E-state index is 0.0449. The number of aromatic nitrogens is 2. The van der Waals surface area contributed by atoms with Gasteiger partial charge in [0, 0.05) is 19.6 Å². The van der Waals surface area contributed by atoms with E-state index in [0.717, 1.165) is 12.8 Å². The topological polar surface area (TPSA) is 84.3 Å². The van der Waals surface area contributed by atoms with Crippen molar-refractivity contribution in [3.05, 3.63) is 27.1 Å². The van der Waals surface area contributed by atoms with Gasteiger partial charge in [-0.05, 0) is 32.8 Å². The average Bonchev–Trinajstić information content (AvgIpc) is 2.96. The molecule has 0 aromatic carbocycles. The smallest absolute Gasteiger partial charge is 0.262 e. The Morgan fingerprint density at radius 3 is 2.58 bits per heavy atom. The van der Waals surface area contributed by atoms with Crippen molar-refractivity contribution in [2.45, 2.75) is 47.1 Å². The molecule has 0 unspecified atom stereocenters. The highest BCUT2D eigenvalue weighted by Crippen LogP contribution is 2.26. The molecule has 2 aromatic heterocycles. The van der Waals surface area contributed by atoms with Crippen LogP contribution in [0.1, 0.15) is 48.8 Å². The van der Waals surface area contributed by atoms with Crippen molar-refractivity contribution in [2.24, 2.45) is 0 Å². The van der Waals surface area contributed by atoms with Crippen molar-refractivity contribution in [3.8, 4) is 0 Å². The summed E-state index contributed by atoms with van der Waals surface area (Å²) in [5.74, 6) is -0.298. The molecule has 0 aliphatic rings. The fourth-order valence-electron chi connectivity index (χ4n) is 2.77. The average molecular weight is 378 g/mol. The Hall–Kier alpha value is -2.22. The maximum atomic E-state index is 12.8. The van der Waals surface area contributed by atoms with Crippen LogP contribution < -0.4 is 10.9 Å². The van der Waals surface area contributed by atoms with Crippen LogP contribution >= 0.6 is 11.3 Å². The number of hydrogen-bond donors (Lipinski definition) is 1. The van der Waals surface area contributed by atoms with E-state index in [0.29, 0.717) is 40.3 Å². The van der Waals surface area contributed by atoms with Gasteiger partial charge in [-0.1, -0.05) is 13.3 Å². The van der Waals surface area contributed by atoms with E-state index in [1.54, 1.807) is 11.8 Å². The van der Waals surface area contributed by atoms with Gasteiger partial charge in [-0.2, -0.15) is 0 Å². The molecule has 2 aromatic rings. The Labute approximate surface area is 157 Å². The largest absolute Gasteiger partial charge is 0.351 e. The SMILES string of the molecule is CCCCNC(=O)c1sc2ncn(CC(=O)N(CC)CC)c(=O)c2c1C. The van der Waals surface area contributed by atoms with E-state index in [-0.39, 0.29) is 23.9 Å². The van der Waals surface area contributed by atoms with Crippen LogP contribution in [0.3, 0.4) is 0 Å². The molecule has 0 spiro atoms. The molecule has 2 rings (SSSR count). The lowest BCUT2D eigenvalue weighted by atomic mass is 10.2. The second-order valence-electron chi connectivity index (χ2n) is 6.09. The molecule has 2 heterocycles. The number of unbranched alkanes of at least 4 members (excludes halogenated alkanes) is 1. The Balaban J connectivity index is 2.33. The van der Waals surface area contributed by atoms with Gasteiger partial charge < -0.3 is 10.2 Å². The van der Waals surface area contributed by atoms with Crippen LogP contribution in [0.4, 0.5) is 0 Å². The zero-order valence-corrected chi connectivity index (χ0v) is 16.6. The zero-order valence-electron chi connectivity index (χ0n) is 15.8. The van der Waals surface area contributed by atoms with Crippen LogP contribution in [0, 0.1) is 6.92 Å². The number of amides is 2. The van der Waals surface area contributed by atoms with Gasteiger partial charge in [0.2, 0.25) is 5.91 Å². The summed E-state index contributed by atoms with van der Waals surface area (Å²) in [7, 11) is 0. The molecule has 0 bridgehead atoms. The van der Waals surface area contributed by atoms with Crippen molar-refractivity contribution in [2.75, 3.05) is 19.6 Å². The van der Waals surface area contributed by atoms with Crippen molar-refractivity contribution >= 4 is 33.4 Å². The Morgan fingerprint density at radius 1 is 1.27 bits per heavy atom. The summed E-state index contributed by atoms with van der Waals surface area (Å²) in [6.07, 6.45) is 3.30. The highest BCUT2D eigenvalue weighted by Gasteiger charge is 2.20. The highest BCUT2D eigenvalue weighted by atomic mass is 32.1. The third kappa shape index (κ3) is 4.12. The normalized spacial score (nSPS) is 10.9. The van der Waals surface area contributed by atoms with Gasteiger partial charge in [-0.25, -0.2) is 4.98 Å². The van der Waals surface area contributed by atoms with Crippen LogP contribution in [-0.4, -0.2) is 45.9 Å². The molecule has 0 fully saturated rings. The Kier molecular flexibility index (Phi) is 6.90. The van der Waals surface area contributed by atoms with Crippen LogP contribution in [-0.2, 0) is 11.3 Å². The molecule has 0 saturated carbocycles. The van der Waals surface area contributed by atoms with Gasteiger partial charge in [0.1, 0.15) is 11.4 Å². The van der Waals surface area contributed by atoms with E-state index in [1.807, 2.05) is 13.8 Å². The lowest BCUT2D eigenvalue weighted by Crippen LogP contribution is -2.36. The molecule has 0 radical (unpaired) electrons. The fraction of sp³-hybridized carbons (Fsp3) is 0.556. The molecule has 8 heteroatoms. The molecule has 26 heavy (non-hydrogen) atoms. The van der Waals surface area contributed by atoms with E-state index in [4.69, 9.17) is 0 Å². The number of likely N-dealkylation sites (N-methyl/N-ethyl adjacent to an activating group) is 1. The molecule has 0 aliphatic heterocycles. The number of carbonyl (C=O) groups excluding carboxylic acids is 2. The molecule has 7 nitrogen and oxygen atoms in total. The molecular formula is C18H26N4O3S. The van der Waals surface area contributed by atoms with Crippen molar-refractivity contribution in [1.82, 2.24) is 19.8 Å². The molecule has 2 amide bonds. The fourth-order valence-corrected chi connectivity index (χ4v) is 3.83. The van der Waals surface area contributed by atoms with Gasteiger partial charge in [0.25, 0.3) is 11.5 Å². The number of rotatable bonds is 8. The first-order valence-electron chi connectivity index (χ1n) is 8.98. The van der Waals surface area contributed by atoms with E-state index < -0.39 is 0 Å². The summed E-state index contributed by atoms with van der Waals surface area (Å²) in [5.41, 5.74) is 0.345. The van der Waals surface area contributed by atoms with E-state index in [1.165, 1.54) is 22.2 Å². The van der Waals surface area contributed by atoms with Crippen LogP contribution in [0.25, 0.3) is 10.2 Å². The van der Waals surface area contributed by atoms with Gasteiger partial charge in [-0.15, -0.1) is 11.3 Å². The number of aryl methyl sites for hydroxylation is 1. The molecule has 142 valence electrons. The van der Waals surface area contributed by atoms with Crippen molar-refractivity contribution in [1.29, 1.82) is 0 Å². The van der Waals surface area contributed by atoms with Crippen LogP contribution in [0.2, 0.25) is 0 Å². The first kappa shape index (κ1) is 20.1. The molecule has 0 aliphatic carbocycles. The van der Waals surface area contributed by atoms with E-state index >= 15 is 0 Å². The van der Waals surface area contributed by atoms with Gasteiger partial charge >= 0.3 is 0 Å². The minimum atomic E-state index is -0.281. The molecule has 1 N–H and O–H groups in total. The van der Waals surface area contributed by atoms with Crippen LogP contribution in [0.15, 0.2) is 11.1 Å². The minimum Gasteiger partial charge on any atom is -0.351 e. The molecule has 0 saturated heterocycles. The van der Waals surface area contributed by atoms with Crippen molar-refractivity contribution < 1.29 is 9.59 Å². The predicted molar refractivity (Wildman–Crippen MR) is 104 cm³/mol. The summed E-state index contributed by atoms with van der Waals surface area (Å²) < 4.78 is 1.32. The van der Waals surface area contributed by atoms with Crippen LogP contribution in [0.5, 0.6) is 0 Å². The summed E-state index contributed by atoms with van der Waals surface area (Å²) in [5, 5.41) is 3.29. The third-order valence-electron chi connectivity index (χ3n) is 4.36.